The van der Waals surface area contributed by atoms with E-state index in [9.17, 15) is 0 Å². The molecule has 0 unspecified atom stereocenters. The molecule has 1 aromatic carbocycles. The second-order valence-electron chi connectivity index (χ2n) is 4.76. The lowest BCUT2D eigenvalue weighted by atomic mass is 10.1. The Kier molecular flexibility index (Phi) is 3.85. The molecule has 0 radical (unpaired) electrons. The van der Waals surface area contributed by atoms with E-state index in [1.807, 2.05) is 19.2 Å². The Morgan fingerprint density at radius 1 is 1.19 bits per heavy atom. The first-order valence-corrected chi connectivity index (χ1v) is 6.22. The average molecular weight is 239 g/mol. The van der Waals surface area contributed by atoms with Gasteiger partial charge in [-0.05, 0) is 43.0 Å². The predicted octanol–water partition coefficient (Wildman–Crippen LogP) is 2.43. The van der Waals surface area contributed by atoms with E-state index < -0.39 is 0 Å². The fourth-order valence-corrected chi connectivity index (χ4v) is 2.17. The van der Waals surface area contributed by atoms with Gasteiger partial charge in [-0.15, -0.1) is 0 Å². The highest BCUT2D eigenvalue weighted by atomic mass is 35.5. The van der Waals surface area contributed by atoms with Crippen molar-refractivity contribution in [2.75, 3.05) is 20.1 Å². The highest BCUT2D eigenvalue weighted by molar-refractivity contribution is 6.30. The zero-order valence-electron chi connectivity index (χ0n) is 9.72. The van der Waals surface area contributed by atoms with E-state index in [0.29, 0.717) is 5.41 Å². The summed E-state index contributed by atoms with van der Waals surface area (Å²) in [7, 11) is 2.03. The zero-order chi connectivity index (χ0) is 11.4. The third-order valence-electron chi connectivity index (χ3n) is 3.25. The summed E-state index contributed by atoms with van der Waals surface area (Å²) >= 11 is 5.84. The normalized spacial score (nSPS) is 17.4. The van der Waals surface area contributed by atoms with Gasteiger partial charge in [0.2, 0.25) is 0 Å². The lowest BCUT2D eigenvalue weighted by Crippen LogP contribution is -2.30. The fraction of sp³-hybridized carbons (Fsp3) is 0.538. The highest BCUT2D eigenvalue weighted by Gasteiger charge is 2.41. The van der Waals surface area contributed by atoms with Crippen molar-refractivity contribution in [1.82, 2.24) is 10.6 Å². The SMILES string of the molecule is CNCC1(CNCc2ccc(Cl)cc2)CC1. The molecule has 2 nitrogen and oxygen atoms in total. The average Bonchev–Trinajstić information content (AvgIpc) is 3.02. The second-order valence-corrected chi connectivity index (χ2v) is 5.20. The van der Waals surface area contributed by atoms with Crippen LogP contribution in [0.5, 0.6) is 0 Å². The van der Waals surface area contributed by atoms with Crippen molar-refractivity contribution >= 4 is 11.6 Å². The molecule has 0 saturated heterocycles. The molecule has 3 heteroatoms. The molecule has 0 aliphatic heterocycles. The summed E-state index contributed by atoms with van der Waals surface area (Å²) in [5.41, 5.74) is 1.82. The first kappa shape index (κ1) is 11.9. The van der Waals surface area contributed by atoms with Crippen molar-refractivity contribution in [2.24, 2.45) is 5.41 Å². The summed E-state index contributed by atoms with van der Waals surface area (Å²) in [6, 6.07) is 8.04. The smallest absolute Gasteiger partial charge is 0.0406 e. The van der Waals surface area contributed by atoms with Crippen LogP contribution < -0.4 is 10.6 Å². The van der Waals surface area contributed by atoms with Gasteiger partial charge in [0, 0.05) is 24.7 Å². The molecule has 1 saturated carbocycles. The summed E-state index contributed by atoms with van der Waals surface area (Å²) in [4.78, 5) is 0. The van der Waals surface area contributed by atoms with Gasteiger partial charge in [0.25, 0.3) is 0 Å². The standard InChI is InChI=1S/C13H19ClN2/c1-15-9-13(6-7-13)10-16-8-11-2-4-12(14)5-3-11/h2-5,15-16H,6-10H2,1H3. The molecule has 2 N–H and O–H groups in total. The van der Waals surface area contributed by atoms with Gasteiger partial charge in [-0.2, -0.15) is 0 Å². The topological polar surface area (TPSA) is 24.1 Å². The molecule has 1 aliphatic rings. The van der Waals surface area contributed by atoms with E-state index in [0.717, 1.165) is 24.7 Å². The summed E-state index contributed by atoms with van der Waals surface area (Å²) in [6.45, 7) is 3.17. The Bertz CT molecular complexity index is 330. The van der Waals surface area contributed by atoms with Crippen molar-refractivity contribution in [1.29, 1.82) is 0 Å². The van der Waals surface area contributed by atoms with Crippen LogP contribution in [-0.2, 0) is 6.54 Å². The molecule has 16 heavy (non-hydrogen) atoms. The summed E-state index contributed by atoms with van der Waals surface area (Å²) in [5, 5.41) is 7.60. The quantitative estimate of drug-likeness (QED) is 0.796. The number of hydrogen-bond donors (Lipinski definition) is 2. The van der Waals surface area contributed by atoms with Gasteiger partial charge in [0.15, 0.2) is 0 Å². The third-order valence-corrected chi connectivity index (χ3v) is 3.50. The third kappa shape index (κ3) is 3.21. The van der Waals surface area contributed by atoms with Crippen molar-refractivity contribution in [3.05, 3.63) is 34.9 Å². The molecule has 0 bridgehead atoms. The second kappa shape index (κ2) is 5.17. The predicted molar refractivity (Wildman–Crippen MR) is 68.8 cm³/mol. The molecule has 1 aliphatic carbocycles. The first-order chi connectivity index (χ1) is 7.74. The largest absolute Gasteiger partial charge is 0.319 e. The Balaban J connectivity index is 1.74. The number of rotatable bonds is 6. The van der Waals surface area contributed by atoms with E-state index in [2.05, 4.69) is 22.8 Å². The maximum atomic E-state index is 5.84. The molecule has 0 amide bonds. The van der Waals surface area contributed by atoms with Gasteiger partial charge in [-0.3, -0.25) is 0 Å². The number of halogens is 1. The molecular formula is C13H19ClN2. The van der Waals surface area contributed by atoms with E-state index in [1.54, 1.807) is 0 Å². The van der Waals surface area contributed by atoms with Crippen LogP contribution in [0, 0.1) is 5.41 Å². The van der Waals surface area contributed by atoms with Gasteiger partial charge in [0.05, 0.1) is 0 Å². The summed E-state index contributed by atoms with van der Waals surface area (Å²) in [6.07, 6.45) is 2.70. The van der Waals surface area contributed by atoms with E-state index in [-0.39, 0.29) is 0 Å². The molecular weight excluding hydrogens is 220 g/mol. The van der Waals surface area contributed by atoms with Gasteiger partial charge >= 0.3 is 0 Å². The number of benzene rings is 1. The number of hydrogen-bond acceptors (Lipinski definition) is 2. The first-order valence-electron chi connectivity index (χ1n) is 5.84. The van der Waals surface area contributed by atoms with E-state index in [4.69, 9.17) is 11.6 Å². The maximum Gasteiger partial charge on any atom is 0.0406 e. The minimum Gasteiger partial charge on any atom is -0.319 e. The van der Waals surface area contributed by atoms with Crippen LogP contribution in [-0.4, -0.2) is 20.1 Å². The minimum absolute atomic E-state index is 0.529. The molecule has 0 spiro atoms. The van der Waals surface area contributed by atoms with Crippen LogP contribution in [0.2, 0.25) is 5.02 Å². The molecule has 1 fully saturated rings. The monoisotopic (exact) mass is 238 g/mol. The van der Waals surface area contributed by atoms with Crippen LogP contribution in [0.1, 0.15) is 18.4 Å². The summed E-state index contributed by atoms with van der Waals surface area (Å²) in [5.74, 6) is 0. The lowest BCUT2D eigenvalue weighted by Gasteiger charge is -2.15. The van der Waals surface area contributed by atoms with Gasteiger partial charge in [-0.1, -0.05) is 23.7 Å². The molecule has 0 aromatic heterocycles. The molecule has 88 valence electrons. The Morgan fingerprint density at radius 3 is 2.44 bits per heavy atom. The lowest BCUT2D eigenvalue weighted by molar-refractivity contribution is 0.438. The zero-order valence-corrected chi connectivity index (χ0v) is 10.5. The Hall–Kier alpha value is -0.570. The molecule has 0 atom stereocenters. The van der Waals surface area contributed by atoms with Gasteiger partial charge in [-0.25, -0.2) is 0 Å². The van der Waals surface area contributed by atoms with Crippen molar-refractivity contribution in [2.45, 2.75) is 19.4 Å². The Morgan fingerprint density at radius 2 is 1.88 bits per heavy atom. The van der Waals surface area contributed by atoms with Crippen LogP contribution in [0.3, 0.4) is 0 Å². The van der Waals surface area contributed by atoms with Crippen molar-refractivity contribution in [3.8, 4) is 0 Å². The van der Waals surface area contributed by atoms with Gasteiger partial charge < -0.3 is 10.6 Å². The number of nitrogens with one attached hydrogen (secondary N) is 2. The van der Waals surface area contributed by atoms with Crippen molar-refractivity contribution in [3.63, 3.8) is 0 Å². The Labute approximate surface area is 102 Å². The van der Waals surface area contributed by atoms with Crippen LogP contribution in [0.15, 0.2) is 24.3 Å². The van der Waals surface area contributed by atoms with Crippen LogP contribution >= 0.6 is 11.6 Å². The van der Waals surface area contributed by atoms with E-state index in [1.165, 1.54) is 18.4 Å². The fourth-order valence-electron chi connectivity index (χ4n) is 2.04. The van der Waals surface area contributed by atoms with Crippen LogP contribution in [0.25, 0.3) is 0 Å². The molecule has 0 heterocycles. The summed E-state index contributed by atoms with van der Waals surface area (Å²) < 4.78 is 0. The molecule has 1 aromatic rings. The maximum absolute atomic E-state index is 5.84. The van der Waals surface area contributed by atoms with E-state index >= 15 is 0 Å². The minimum atomic E-state index is 0.529. The van der Waals surface area contributed by atoms with Crippen molar-refractivity contribution < 1.29 is 0 Å². The van der Waals surface area contributed by atoms with Gasteiger partial charge in [0.1, 0.15) is 0 Å². The van der Waals surface area contributed by atoms with Crippen LogP contribution in [0.4, 0.5) is 0 Å². The highest BCUT2D eigenvalue weighted by Crippen LogP contribution is 2.44. The molecule has 2 rings (SSSR count).